The first-order chi connectivity index (χ1) is 14.5. The van der Waals surface area contributed by atoms with Gasteiger partial charge >= 0.3 is 0 Å². The SMILES string of the molecule is Cc1ccc(C)c(NC(=O)c2c(O)c3cccnc3n(Cc3ccccc3)c2=O)c1. The van der Waals surface area contributed by atoms with Crippen LogP contribution in [0.15, 0.2) is 71.7 Å². The van der Waals surface area contributed by atoms with E-state index in [2.05, 4.69) is 10.3 Å². The van der Waals surface area contributed by atoms with E-state index in [0.29, 0.717) is 16.7 Å². The maximum absolute atomic E-state index is 13.3. The molecule has 4 aromatic rings. The molecule has 2 aromatic carbocycles. The van der Waals surface area contributed by atoms with Crippen molar-refractivity contribution in [3.63, 3.8) is 0 Å². The summed E-state index contributed by atoms with van der Waals surface area (Å²) < 4.78 is 1.42. The summed E-state index contributed by atoms with van der Waals surface area (Å²) in [5.74, 6) is -1.02. The van der Waals surface area contributed by atoms with Crippen molar-refractivity contribution in [3.05, 3.63) is 99.5 Å². The van der Waals surface area contributed by atoms with Crippen LogP contribution in [-0.4, -0.2) is 20.6 Å². The van der Waals surface area contributed by atoms with E-state index in [9.17, 15) is 14.7 Å². The molecule has 0 atom stereocenters. The molecule has 2 aromatic heterocycles. The summed E-state index contributed by atoms with van der Waals surface area (Å²) in [5.41, 5.74) is 2.76. The zero-order valence-electron chi connectivity index (χ0n) is 16.7. The molecule has 2 heterocycles. The van der Waals surface area contributed by atoms with Gasteiger partial charge in [-0.2, -0.15) is 0 Å². The van der Waals surface area contributed by atoms with E-state index in [1.807, 2.05) is 62.4 Å². The summed E-state index contributed by atoms with van der Waals surface area (Å²) >= 11 is 0. The maximum atomic E-state index is 13.3. The van der Waals surface area contributed by atoms with Gasteiger partial charge in [-0.1, -0.05) is 42.5 Å². The standard InChI is InChI=1S/C24H21N3O3/c1-15-10-11-16(2)19(13-15)26-23(29)20-21(28)18-9-6-12-25-22(18)27(24(20)30)14-17-7-4-3-5-8-17/h3-13,28H,14H2,1-2H3,(H,26,29). The first-order valence-corrected chi connectivity index (χ1v) is 9.58. The first-order valence-electron chi connectivity index (χ1n) is 9.58. The lowest BCUT2D eigenvalue weighted by Crippen LogP contribution is -2.30. The van der Waals surface area contributed by atoms with E-state index in [4.69, 9.17) is 0 Å². The van der Waals surface area contributed by atoms with Crippen molar-refractivity contribution >= 4 is 22.6 Å². The Morgan fingerprint density at radius 1 is 1.07 bits per heavy atom. The minimum Gasteiger partial charge on any atom is -0.506 e. The molecular weight excluding hydrogens is 378 g/mol. The van der Waals surface area contributed by atoms with Gasteiger partial charge in [0.05, 0.1) is 11.9 Å². The van der Waals surface area contributed by atoms with Crippen LogP contribution < -0.4 is 10.9 Å². The fourth-order valence-corrected chi connectivity index (χ4v) is 3.44. The molecule has 0 saturated heterocycles. The smallest absolute Gasteiger partial charge is 0.269 e. The molecule has 0 radical (unpaired) electrons. The maximum Gasteiger partial charge on any atom is 0.269 e. The number of carbonyl (C=O) groups excluding carboxylic acids is 1. The third-order valence-corrected chi connectivity index (χ3v) is 5.05. The van der Waals surface area contributed by atoms with E-state index >= 15 is 0 Å². The number of fused-ring (bicyclic) bond motifs is 1. The van der Waals surface area contributed by atoms with E-state index < -0.39 is 11.5 Å². The minimum absolute atomic E-state index is 0.233. The second-order valence-electron chi connectivity index (χ2n) is 7.25. The number of carbonyl (C=O) groups is 1. The van der Waals surface area contributed by atoms with E-state index in [1.54, 1.807) is 18.3 Å². The molecule has 0 bridgehead atoms. The summed E-state index contributed by atoms with van der Waals surface area (Å²) in [7, 11) is 0. The highest BCUT2D eigenvalue weighted by Crippen LogP contribution is 2.26. The molecule has 2 N–H and O–H groups in total. The number of aromatic nitrogens is 2. The van der Waals surface area contributed by atoms with Crippen LogP contribution >= 0.6 is 0 Å². The highest BCUT2D eigenvalue weighted by molar-refractivity contribution is 6.09. The van der Waals surface area contributed by atoms with Crippen molar-refractivity contribution < 1.29 is 9.90 Å². The van der Waals surface area contributed by atoms with Crippen LogP contribution in [0.1, 0.15) is 27.0 Å². The zero-order valence-corrected chi connectivity index (χ0v) is 16.7. The second-order valence-corrected chi connectivity index (χ2v) is 7.25. The topological polar surface area (TPSA) is 84.2 Å². The van der Waals surface area contributed by atoms with Crippen molar-refractivity contribution in [1.82, 2.24) is 9.55 Å². The molecule has 0 aliphatic rings. The quantitative estimate of drug-likeness (QED) is 0.543. The number of pyridine rings is 2. The molecule has 0 aliphatic carbocycles. The van der Waals surface area contributed by atoms with Crippen LogP contribution in [0.5, 0.6) is 5.75 Å². The molecule has 6 heteroatoms. The summed E-state index contributed by atoms with van der Waals surface area (Å²) in [6.45, 7) is 4.02. The van der Waals surface area contributed by atoms with Crippen molar-refractivity contribution in [1.29, 1.82) is 0 Å². The molecule has 6 nitrogen and oxygen atoms in total. The molecule has 1 amide bonds. The Morgan fingerprint density at radius 3 is 2.60 bits per heavy atom. The van der Waals surface area contributed by atoms with Gasteiger partial charge in [-0.25, -0.2) is 4.98 Å². The van der Waals surface area contributed by atoms with E-state index in [1.165, 1.54) is 4.57 Å². The largest absolute Gasteiger partial charge is 0.506 e. The number of amides is 1. The fourth-order valence-electron chi connectivity index (χ4n) is 3.44. The summed E-state index contributed by atoms with van der Waals surface area (Å²) in [6, 6.07) is 18.4. The number of nitrogens with one attached hydrogen (secondary N) is 1. The molecule has 0 saturated carbocycles. The third kappa shape index (κ3) is 3.55. The Kier molecular flexibility index (Phi) is 5.06. The van der Waals surface area contributed by atoms with Crippen molar-refractivity contribution in [3.8, 4) is 5.75 Å². The van der Waals surface area contributed by atoms with Crippen LogP contribution in [-0.2, 0) is 6.54 Å². The Balaban J connectivity index is 1.86. The Labute approximate surface area is 173 Å². The normalized spacial score (nSPS) is 10.9. The van der Waals surface area contributed by atoms with Crippen molar-refractivity contribution in [2.24, 2.45) is 0 Å². The van der Waals surface area contributed by atoms with E-state index in [0.717, 1.165) is 16.7 Å². The first kappa shape index (κ1) is 19.4. The van der Waals surface area contributed by atoms with Crippen LogP contribution in [0.3, 0.4) is 0 Å². The number of aromatic hydroxyl groups is 1. The van der Waals surface area contributed by atoms with Gasteiger partial charge in [-0.05, 0) is 48.7 Å². The monoisotopic (exact) mass is 399 g/mol. The minimum atomic E-state index is -0.654. The van der Waals surface area contributed by atoms with Gasteiger partial charge < -0.3 is 10.4 Å². The van der Waals surface area contributed by atoms with Gasteiger partial charge in [0.2, 0.25) is 0 Å². The second kappa shape index (κ2) is 7.83. The average Bonchev–Trinajstić information content (AvgIpc) is 2.74. The molecule has 0 aliphatic heterocycles. The fraction of sp³-hybridized carbons (Fsp3) is 0.125. The summed E-state index contributed by atoms with van der Waals surface area (Å²) in [4.78, 5) is 30.6. The van der Waals surface area contributed by atoms with Crippen molar-refractivity contribution in [2.45, 2.75) is 20.4 Å². The summed E-state index contributed by atoms with van der Waals surface area (Å²) in [5, 5.41) is 13.9. The Bertz CT molecular complexity index is 1310. The molecule has 4 rings (SSSR count). The van der Waals surface area contributed by atoms with Crippen molar-refractivity contribution in [2.75, 3.05) is 5.32 Å². The number of hydrogen-bond acceptors (Lipinski definition) is 4. The van der Waals surface area contributed by atoms with E-state index in [-0.39, 0.29) is 17.9 Å². The van der Waals surface area contributed by atoms with Gasteiger partial charge in [-0.15, -0.1) is 0 Å². The van der Waals surface area contributed by atoms with Crippen LogP contribution in [0.25, 0.3) is 11.0 Å². The van der Waals surface area contributed by atoms with Gasteiger partial charge in [0.25, 0.3) is 11.5 Å². The van der Waals surface area contributed by atoms with Crippen LogP contribution in [0.4, 0.5) is 5.69 Å². The predicted molar refractivity (Wildman–Crippen MR) is 117 cm³/mol. The number of aryl methyl sites for hydroxylation is 2. The highest BCUT2D eigenvalue weighted by Gasteiger charge is 2.23. The van der Waals surface area contributed by atoms with Gasteiger partial charge in [-0.3, -0.25) is 14.2 Å². The molecule has 0 spiro atoms. The highest BCUT2D eigenvalue weighted by atomic mass is 16.3. The lowest BCUT2D eigenvalue weighted by atomic mass is 10.1. The zero-order chi connectivity index (χ0) is 21.3. The average molecular weight is 399 g/mol. The summed E-state index contributed by atoms with van der Waals surface area (Å²) in [6.07, 6.45) is 1.55. The molecule has 150 valence electrons. The Morgan fingerprint density at radius 2 is 1.83 bits per heavy atom. The van der Waals surface area contributed by atoms with Crippen LogP contribution in [0.2, 0.25) is 0 Å². The number of nitrogens with zero attached hydrogens (tertiary/aromatic N) is 2. The van der Waals surface area contributed by atoms with Gasteiger partial charge in [0.15, 0.2) is 0 Å². The lowest BCUT2D eigenvalue weighted by Gasteiger charge is -2.15. The number of rotatable bonds is 4. The number of benzene rings is 2. The number of anilines is 1. The predicted octanol–water partition coefficient (Wildman–Crippen LogP) is 4.02. The molecule has 30 heavy (non-hydrogen) atoms. The van der Waals surface area contributed by atoms with Gasteiger partial charge in [0, 0.05) is 11.9 Å². The van der Waals surface area contributed by atoms with Gasteiger partial charge in [0.1, 0.15) is 17.0 Å². The molecular formula is C24H21N3O3. The lowest BCUT2D eigenvalue weighted by molar-refractivity contribution is 0.102. The third-order valence-electron chi connectivity index (χ3n) is 5.05. The molecule has 0 fully saturated rings. The Hall–Kier alpha value is -3.93. The number of hydrogen-bond donors (Lipinski definition) is 2. The van der Waals surface area contributed by atoms with Crippen LogP contribution in [0, 0.1) is 13.8 Å². The molecule has 0 unspecified atom stereocenters.